The smallest absolute Gasteiger partial charge is 0.204 e. The Labute approximate surface area is 172 Å². The SMILES string of the molecule is COc1ccc(-n2cc3cccc(C)c3c2O)cc1OCCN1CCC(C)CC1. The number of benzene rings is 2. The molecule has 3 aromatic rings. The number of fused-ring (bicyclic) bond motifs is 1. The maximum Gasteiger partial charge on any atom is 0.204 e. The molecule has 1 aliphatic rings. The third-order valence-corrected chi connectivity index (χ3v) is 5.99. The van der Waals surface area contributed by atoms with Gasteiger partial charge in [-0.25, -0.2) is 0 Å². The van der Waals surface area contributed by atoms with Gasteiger partial charge < -0.3 is 14.6 Å². The molecule has 29 heavy (non-hydrogen) atoms. The highest BCUT2D eigenvalue weighted by Gasteiger charge is 2.17. The van der Waals surface area contributed by atoms with E-state index in [1.807, 2.05) is 49.5 Å². The van der Waals surface area contributed by atoms with Gasteiger partial charge in [0.15, 0.2) is 11.5 Å². The molecule has 1 fully saturated rings. The van der Waals surface area contributed by atoms with Gasteiger partial charge in [0.25, 0.3) is 0 Å². The predicted molar refractivity (Wildman–Crippen MR) is 117 cm³/mol. The van der Waals surface area contributed by atoms with Gasteiger partial charge in [-0.2, -0.15) is 0 Å². The number of hydrogen-bond donors (Lipinski definition) is 1. The average molecular weight is 395 g/mol. The zero-order valence-corrected chi connectivity index (χ0v) is 17.5. The fraction of sp³-hybridized carbons (Fsp3) is 0.417. The molecular weight excluding hydrogens is 364 g/mol. The fourth-order valence-electron chi connectivity index (χ4n) is 4.12. The zero-order chi connectivity index (χ0) is 20.4. The van der Waals surface area contributed by atoms with Crippen molar-refractivity contribution in [2.75, 3.05) is 33.4 Å². The molecule has 0 saturated carbocycles. The Morgan fingerprint density at radius 1 is 1.10 bits per heavy atom. The largest absolute Gasteiger partial charge is 0.494 e. The Bertz CT molecular complexity index is 987. The summed E-state index contributed by atoms with van der Waals surface area (Å²) >= 11 is 0. The van der Waals surface area contributed by atoms with Crippen LogP contribution >= 0.6 is 0 Å². The second-order valence-electron chi connectivity index (χ2n) is 8.07. The summed E-state index contributed by atoms with van der Waals surface area (Å²) in [5, 5.41) is 12.7. The molecule has 2 aromatic carbocycles. The molecular formula is C24H30N2O3. The number of aromatic nitrogens is 1. The molecule has 154 valence electrons. The summed E-state index contributed by atoms with van der Waals surface area (Å²) in [5.41, 5.74) is 1.90. The first-order valence-corrected chi connectivity index (χ1v) is 10.4. The van der Waals surface area contributed by atoms with Crippen LogP contribution in [0.1, 0.15) is 25.3 Å². The van der Waals surface area contributed by atoms with E-state index in [1.54, 1.807) is 11.7 Å². The van der Waals surface area contributed by atoms with Crippen molar-refractivity contribution < 1.29 is 14.6 Å². The molecule has 1 aromatic heterocycles. The topological polar surface area (TPSA) is 46.9 Å². The summed E-state index contributed by atoms with van der Waals surface area (Å²) < 4.78 is 13.4. The molecule has 0 atom stereocenters. The molecule has 0 amide bonds. The minimum atomic E-state index is 0.247. The maximum absolute atomic E-state index is 10.8. The molecule has 0 unspecified atom stereocenters. The number of methoxy groups -OCH3 is 1. The standard InChI is InChI=1S/C24H30N2O3/c1-17-9-11-25(12-10-17)13-14-29-22-15-20(7-8-21(22)28-3)26-16-19-6-4-5-18(2)23(19)24(26)27/h4-8,15-17,27H,9-14H2,1-3H3. The van der Waals surface area contributed by atoms with Crippen LogP contribution in [0.3, 0.4) is 0 Å². The van der Waals surface area contributed by atoms with Crippen molar-refractivity contribution >= 4 is 10.8 Å². The van der Waals surface area contributed by atoms with Crippen LogP contribution in [0, 0.1) is 12.8 Å². The first kappa shape index (κ1) is 19.6. The van der Waals surface area contributed by atoms with Crippen LogP contribution in [0.4, 0.5) is 0 Å². The quantitative estimate of drug-likeness (QED) is 0.655. The van der Waals surface area contributed by atoms with Crippen LogP contribution < -0.4 is 9.47 Å². The molecule has 1 N–H and O–H groups in total. The van der Waals surface area contributed by atoms with Crippen LogP contribution in [0.2, 0.25) is 0 Å². The lowest BCUT2D eigenvalue weighted by atomic mass is 9.99. The van der Waals surface area contributed by atoms with Gasteiger partial charge in [-0.1, -0.05) is 25.1 Å². The number of hydrogen-bond acceptors (Lipinski definition) is 4. The van der Waals surface area contributed by atoms with E-state index >= 15 is 0 Å². The van der Waals surface area contributed by atoms with Gasteiger partial charge in [-0.05, 0) is 56.5 Å². The highest BCUT2D eigenvalue weighted by molar-refractivity contribution is 5.91. The third-order valence-electron chi connectivity index (χ3n) is 5.99. The minimum Gasteiger partial charge on any atom is -0.494 e. The number of rotatable bonds is 6. The van der Waals surface area contributed by atoms with E-state index in [4.69, 9.17) is 9.47 Å². The first-order chi connectivity index (χ1) is 14.1. The van der Waals surface area contributed by atoms with Crippen molar-refractivity contribution in [1.82, 2.24) is 9.47 Å². The summed E-state index contributed by atoms with van der Waals surface area (Å²) in [6.45, 7) is 8.16. The van der Waals surface area contributed by atoms with Crippen molar-refractivity contribution in [1.29, 1.82) is 0 Å². The van der Waals surface area contributed by atoms with Crippen LogP contribution in [0.5, 0.6) is 17.4 Å². The number of ether oxygens (including phenoxy) is 2. The lowest BCUT2D eigenvalue weighted by molar-refractivity contribution is 0.158. The number of aromatic hydroxyl groups is 1. The summed E-state index contributed by atoms with van der Waals surface area (Å²) in [6, 6.07) is 11.8. The first-order valence-electron chi connectivity index (χ1n) is 10.4. The number of piperidine rings is 1. The second kappa shape index (κ2) is 8.37. The molecule has 0 radical (unpaired) electrons. The molecule has 0 bridgehead atoms. The fourth-order valence-corrected chi connectivity index (χ4v) is 4.12. The average Bonchev–Trinajstić information content (AvgIpc) is 3.07. The Kier molecular flexibility index (Phi) is 5.67. The van der Waals surface area contributed by atoms with Crippen LogP contribution in [-0.2, 0) is 0 Å². The lowest BCUT2D eigenvalue weighted by Gasteiger charge is -2.30. The van der Waals surface area contributed by atoms with E-state index in [0.29, 0.717) is 18.1 Å². The molecule has 0 aliphatic carbocycles. The molecule has 5 heteroatoms. The second-order valence-corrected chi connectivity index (χ2v) is 8.07. The van der Waals surface area contributed by atoms with E-state index < -0.39 is 0 Å². The van der Waals surface area contributed by atoms with E-state index in [0.717, 1.165) is 47.6 Å². The summed E-state index contributed by atoms with van der Waals surface area (Å²) in [4.78, 5) is 2.46. The Hall–Kier alpha value is -2.66. The van der Waals surface area contributed by atoms with Crippen LogP contribution in [0.25, 0.3) is 16.5 Å². The van der Waals surface area contributed by atoms with Crippen molar-refractivity contribution in [2.45, 2.75) is 26.7 Å². The Morgan fingerprint density at radius 2 is 1.90 bits per heavy atom. The minimum absolute atomic E-state index is 0.247. The Morgan fingerprint density at radius 3 is 2.62 bits per heavy atom. The van der Waals surface area contributed by atoms with Gasteiger partial charge in [0, 0.05) is 29.6 Å². The van der Waals surface area contributed by atoms with Crippen molar-refractivity contribution in [2.24, 2.45) is 5.92 Å². The van der Waals surface area contributed by atoms with E-state index in [1.165, 1.54) is 12.8 Å². The van der Waals surface area contributed by atoms with Crippen molar-refractivity contribution in [3.05, 3.63) is 48.2 Å². The van der Waals surface area contributed by atoms with E-state index in [2.05, 4.69) is 11.8 Å². The Balaban J connectivity index is 1.54. The van der Waals surface area contributed by atoms with E-state index in [9.17, 15) is 5.11 Å². The zero-order valence-electron chi connectivity index (χ0n) is 17.5. The molecule has 1 aliphatic heterocycles. The molecule has 4 rings (SSSR count). The van der Waals surface area contributed by atoms with Gasteiger partial charge in [0.1, 0.15) is 6.61 Å². The highest BCUT2D eigenvalue weighted by Crippen LogP contribution is 2.35. The number of aryl methyl sites for hydroxylation is 1. The van der Waals surface area contributed by atoms with Gasteiger partial charge in [-0.15, -0.1) is 0 Å². The molecule has 0 spiro atoms. The van der Waals surface area contributed by atoms with Crippen molar-refractivity contribution in [3.8, 4) is 23.1 Å². The van der Waals surface area contributed by atoms with E-state index in [-0.39, 0.29) is 5.88 Å². The summed E-state index contributed by atoms with van der Waals surface area (Å²) in [5.74, 6) is 2.48. The highest BCUT2D eigenvalue weighted by atomic mass is 16.5. The molecule has 5 nitrogen and oxygen atoms in total. The summed E-state index contributed by atoms with van der Waals surface area (Å²) in [6.07, 6.45) is 4.48. The van der Waals surface area contributed by atoms with Gasteiger partial charge >= 0.3 is 0 Å². The van der Waals surface area contributed by atoms with Gasteiger partial charge in [-0.3, -0.25) is 9.47 Å². The predicted octanol–water partition coefficient (Wildman–Crippen LogP) is 4.76. The number of nitrogens with zero attached hydrogens (tertiary/aromatic N) is 2. The molecule has 1 saturated heterocycles. The number of likely N-dealkylation sites (tertiary alicyclic amines) is 1. The van der Waals surface area contributed by atoms with Gasteiger partial charge in [0.05, 0.1) is 12.8 Å². The monoisotopic (exact) mass is 394 g/mol. The maximum atomic E-state index is 10.8. The third kappa shape index (κ3) is 4.06. The summed E-state index contributed by atoms with van der Waals surface area (Å²) in [7, 11) is 1.65. The van der Waals surface area contributed by atoms with Crippen molar-refractivity contribution in [3.63, 3.8) is 0 Å². The van der Waals surface area contributed by atoms with Crippen LogP contribution in [0.15, 0.2) is 42.6 Å². The van der Waals surface area contributed by atoms with Crippen LogP contribution in [-0.4, -0.2) is 47.9 Å². The lowest BCUT2D eigenvalue weighted by Crippen LogP contribution is -2.35. The van der Waals surface area contributed by atoms with Gasteiger partial charge in [0.2, 0.25) is 5.88 Å². The normalized spacial score (nSPS) is 15.7. The molecule has 2 heterocycles.